The highest BCUT2D eigenvalue weighted by molar-refractivity contribution is 5.96. The van der Waals surface area contributed by atoms with E-state index in [1.807, 2.05) is 20.8 Å². The molecule has 0 radical (unpaired) electrons. The van der Waals surface area contributed by atoms with Gasteiger partial charge in [0.25, 0.3) is 5.91 Å². The summed E-state index contributed by atoms with van der Waals surface area (Å²) >= 11 is 0. The van der Waals surface area contributed by atoms with Gasteiger partial charge in [-0.15, -0.1) is 0 Å². The summed E-state index contributed by atoms with van der Waals surface area (Å²) in [5.41, 5.74) is -1.79. The first-order valence-corrected chi connectivity index (χ1v) is 8.26. The summed E-state index contributed by atoms with van der Waals surface area (Å²) in [5.74, 6) is -0.657. The first-order valence-electron chi connectivity index (χ1n) is 8.26. The fourth-order valence-electron chi connectivity index (χ4n) is 2.89. The predicted molar refractivity (Wildman–Crippen MR) is 88.0 cm³/mol. The third-order valence-corrected chi connectivity index (χ3v) is 4.17. The van der Waals surface area contributed by atoms with Crippen molar-refractivity contribution in [2.24, 2.45) is 5.41 Å². The Hall–Kier alpha value is -2.05. The molecule has 0 spiro atoms. The molecule has 0 saturated carbocycles. The van der Waals surface area contributed by atoms with Crippen LogP contribution in [0.5, 0.6) is 0 Å². The first-order chi connectivity index (χ1) is 11.5. The number of carbonyl (C=O) groups excluding carboxylic acids is 2. The molecule has 1 aromatic carbocycles. The van der Waals surface area contributed by atoms with Crippen LogP contribution >= 0.6 is 0 Å². The van der Waals surface area contributed by atoms with E-state index in [0.717, 1.165) is 6.07 Å². The minimum absolute atomic E-state index is 0.0162. The van der Waals surface area contributed by atoms with E-state index in [0.29, 0.717) is 26.1 Å². The van der Waals surface area contributed by atoms with Crippen LogP contribution in [0.15, 0.2) is 24.3 Å². The maximum atomic E-state index is 13.1. The normalized spacial score (nSPS) is 16.6. The number of alkyl halides is 3. The van der Waals surface area contributed by atoms with Gasteiger partial charge in [-0.3, -0.25) is 9.59 Å². The molecule has 1 saturated heterocycles. The molecule has 0 aliphatic carbocycles. The minimum atomic E-state index is -4.58. The van der Waals surface area contributed by atoms with Crippen LogP contribution in [-0.4, -0.2) is 47.8 Å². The maximum Gasteiger partial charge on any atom is 0.417 e. The van der Waals surface area contributed by atoms with Crippen molar-refractivity contribution in [3.63, 3.8) is 0 Å². The second-order valence-electron chi connectivity index (χ2n) is 7.23. The molecular formula is C18H23F3N2O2. The van der Waals surface area contributed by atoms with Gasteiger partial charge in [-0.2, -0.15) is 13.2 Å². The lowest BCUT2D eigenvalue weighted by atomic mass is 9.94. The van der Waals surface area contributed by atoms with Crippen LogP contribution in [0.2, 0.25) is 0 Å². The van der Waals surface area contributed by atoms with Crippen molar-refractivity contribution in [3.8, 4) is 0 Å². The molecule has 1 aromatic rings. The van der Waals surface area contributed by atoms with Crippen molar-refractivity contribution in [2.45, 2.75) is 33.4 Å². The monoisotopic (exact) mass is 356 g/mol. The molecule has 25 heavy (non-hydrogen) atoms. The van der Waals surface area contributed by atoms with E-state index in [9.17, 15) is 22.8 Å². The highest BCUT2D eigenvalue weighted by Crippen LogP contribution is 2.32. The first kappa shape index (κ1) is 19.3. The van der Waals surface area contributed by atoms with Gasteiger partial charge >= 0.3 is 6.18 Å². The molecule has 7 heteroatoms. The number of hydrogen-bond donors (Lipinski definition) is 0. The molecule has 1 aliphatic rings. The Balaban J connectivity index is 2.16. The Morgan fingerprint density at radius 1 is 0.920 bits per heavy atom. The molecular weight excluding hydrogens is 333 g/mol. The molecule has 1 heterocycles. The molecule has 138 valence electrons. The Kier molecular flexibility index (Phi) is 5.44. The zero-order valence-electron chi connectivity index (χ0n) is 14.7. The van der Waals surface area contributed by atoms with Crippen molar-refractivity contribution in [1.82, 2.24) is 9.80 Å². The van der Waals surface area contributed by atoms with Crippen LogP contribution in [-0.2, 0) is 11.0 Å². The summed E-state index contributed by atoms with van der Waals surface area (Å²) < 4.78 is 39.4. The minimum Gasteiger partial charge on any atom is -0.340 e. The third kappa shape index (κ3) is 4.52. The average Bonchev–Trinajstić information content (AvgIpc) is 2.77. The zero-order valence-corrected chi connectivity index (χ0v) is 14.7. The lowest BCUT2D eigenvalue weighted by Gasteiger charge is -2.28. The van der Waals surface area contributed by atoms with Crippen LogP contribution in [0, 0.1) is 5.41 Å². The van der Waals surface area contributed by atoms with E-state index in [1.54, 1.807) is 4.90 Å². The predicted octanol–water partition coefficient (Wildman–Crippen LogP) is 3.43. The maximum absolute atomic E-state index is 13.1. The number of nitrogens with zero attached hydrogens (tertiary/aromatic N) is 2. The molecule has 1 aliphatic heterocycles. The fraction of sp³-hybridized carbons (Fsp3) is 0.556. The largest absolute Gasteiger partial charge is 0.417 e. The second-order valence-corrected chi connectivity index (χ2v) is 7.23. The molecule has 2 rings (SSSR count). The summed E-state index contributed by atoms with van der Waals surface area (Å²) in [6, 6.07) is 4.82. The van der Waals surface area contributed by atoms with Crippen LogP contribution in [0.25, 0.3) is 0 Å². The summed E-state index contributed by atoms with van der Waals surface area (Å²) in [7, 11) is 0. The van der Waals surface area contributed by atoms with Gasteiger partial charge in [0.15, 0.2) is 0 Å². The highest BCUT2D eigenvalue weighted by atomic mass is 19.4. The number of amides is 2. The summed E-state index contributed by atoms with van der Waals surface area (Å²) in [4.78, 5) is 28.1. The number of benzene rings is 1. The molecule has 0 aromatic heterocycles. The summed E-state index contributed by atoms with van der Waals surface area (Å²) in [5, 5.41) is 0. The Morgan fingerprint density at radius 3 is 2.08 bits per heavy atom. The Labute approximate surface area is 145 Å². The SMILES string of the molecule is CC(C)(C)C(=O)N1CCCN(C(=O)c2ccccc2C(F)(F)F)CC1. The number of halogens is 3. The molecule has 0 N–H and O–H groups in total. The molecule has 2 amide bonds. The van der Waals surface area contributed by atoms with Gasteiger partial charge in [0.05, 0.1) is 11.1 Å². The molecule has 1 fully saturated rings. The fourth-order valence-corrected chi connectivity index (χ4v) is 2.89. The smallest absolute Gasteiger partial charge is 0.340 e. The molecule has 0 bridgehead atoms. The summed E-state index contributed by atoms with van der Waals surface area (Å²) in [6.07, 6.45) is -4.03. The zero-order chi connectivity index (χ0) is 18.8. The quantitative estimate of drug-likeness (QED) is 0.774. The number of rotatable bonds is 1. The average molecular weight is 356 g/mol. The van der Waals surface area contributed by atoms with Crippen molar-refractivity contribution >= 4 is 11.8 Å². The Morgan fingerprint density at radius 2 is 1.48 bits per heavy atom. The van der Waals surface area contributed by atoms with Gasteiger partial charge < -0.3 is 9.80 Å². The van der Waals surface area contributed by atoms with Crippen molar-refractivity contribution in [2.75, 3.05) is 26.2 Å². The van der Waals surface area contributed by atoms with Crippen LogP contribution in [0.3, 0.4) is 0 Å². The van der Waals surface area contributed by atoms with E-state index >= 15 is 0 Å². The van der Waals surface area contributed by atoms with Gasteiger partial charge in [0.1, 0.15) is 0 Å². The van der Waals surface area contributed by atoms with Gasteiger partial charge in [-0.25, -0.2) is 0 Å². The van der Waals surface area contributed by atoms with Gasteiger partial charge in [-0.05, 0) is 18.6 Å². The third-order valence-electron chi connectivity index (χ3n) is 4.17. The van der Waals surface area contributed by atoms with E-state index in [-0.39, 0.29) is 18.0 Å². The molecule has 0 atom stereocenters. The summed E-state index contributed by atoms with van der Waals surface area (Å²) in [6.45, 7) is 6.86. The van der Waals surface area contributed by atoms with Gasteiger partial charge in [0, 0.05) is 31.6 Å². The highest BCUT2D eigenvalue weighted by Gasteiger charge is 2.36. The van der Waals surface area contributed by atoms with E-state index in [1.165, 1.54) is 23.1 Å². The second kappa shape index (κ2) is 7.06. The van der Waals surface area contributed by atoms with Crippen LogP contribution in [0.1, 0.15) is 43.1 Å². The Bertz CT molecular complexity index is 650. The van der Waals surface area contributed by atoms with E-state index in [4.69, 9.17) is 0 Å². The number of hydrogen-bond acceptors (Lipinski definition) is 2. The molecule has 4 nitrogen and oxygen atoms in total. The topological polar surface area (TPSA) is 40.6 Å². The lowest BCUT2D eigenvalue weighted by Crippen LogP contribution is -2.42. The van der Waals surface area contributed by atoms with E-state index < -0.39 is 23.1 Å². The van der Waals surface area contributed by atoms with Crippen molar-refractivity contribution < 1.29 is 22.8 Å². The van der Waals surface area contributed by atoms with Gasteiger partial charge in [0.2, 0.25) is 5.91 Å². The standard InChI is InChI=1S/C18H23F3N2O2/c1-17(2,3)16(25)23-10-6-9-22(11-12-23)15(24)13-7-4-5-8-14(13)18(19,20)21/h4-5,7-8H,6,9-12H2,1-3H3. The van der Waals surface area contributed by atoms with Crippen molar-refractivity contribution in [3.05, 3.63) is 35.4 Å². The number of carbonyl (C=O) groups is 2. The van der Waals surface area contributed by atoms with Crippen LogP contribution in [0.4, 0.5) is 13.2 Å². The van der Waals surface area contributed by atoms with E-state index in [2.05, 4.69) is 0 Å². The molecule has 0 unspecified atom stereocenters. The van der Waals surface area contributed by atoms with Crippen LogP contribution < -0.4 is 0 Å². The van der Waals surface area contributed by atoms with Gasteiger partial charge in [-0.1, -0.05) is 32.9 Å². The van der Waals surface area contributed by atoms with Crippen molar-refractivity contribution in [1.29, 1.82) is 0 Å². The lowest BCUT2D eigenvalue weighted by molar-refractivity contribution is -0.139.